The van der Waals surface area contributed by atoms with Crippen LogP contribution in [0.5, 0.6) is 0 Å². The Balaban J connectivity index is 1.35. The number of carbonyl (C=O) groups excluding carboxylic acids is 2. The molecule has 0 atom stereocenters. The zero-order chi connectivity index (χ0) is 17.2. The topological polar surface area (TPSA) is 74.8 Å². The van der Waals surface area contributed by atoms with Gasteiger partial charge in [-0.3, -0.25) is 14.7 Å². The SMILES string of the molecule is O=C(CCC(=O)c1ccc2c(c1)CCC2)Nc1ccc2[nH]ncc2c1. The van der Waals surface area contributed by atoms with Gasteiger partial charge >= 0.3 is 0 Å². The predicted molar refractivity (Wildman–Crippen MR) is 96.8 cm³/mol. The van der Waals surface area contributed by atoms with Crippen LogP contribution < -0.4 is 5.32 Å². The van der Waals surface area contributed by atoms with Gasteiger partial charge < -0.3 is 5.32 Å². The smallest absolute Gasteiger partial charge is 0.224 e. The Morgan fingerprint density at radius 1 is 1.04 bits per heavy atom. The van der Waals surface area contributed by atoms with Crippen molar-refractivity contribution in [3.63, 3.8) is 0 Å². The molecule has 1 amide bonds. The highest BCUT2D eigenvalue weighted by Crippen LogP contribution is 2.23. The summed E-state index contributed by atoms with van der Waals surface area (Å²) in [5.74, 6) is -0.132. The number of aromatic amines is 1. The van der Waals surface area contributed by atoms with Crippen LogP contribution in [0.15, 0.2) is 42.6 Å². The predicted octanol–water partition coefficient (Wildman–Crippen LogP) is 3.65. The van der Waals surface area contributed by atoms with Crippen LogP contribution in [-0.4, -0.2) is 21.9 Å². The van der Waals surface area contributed by atoms with Crippen molar-refractivity contribution in [2.45, 2.75) is 32.1 Å². The normalized spacial score (nSPS) is 13.0. The Bertz CT molecular complexity index is 958. The molecule has 2 N–H and O–H groups in total. The summed E-state index contributed by atoms with van der Waals surface area (Å²) in [6, 6.07) is 11.5. The van der Waals surface area contributed by atoms with Crippen LogP contribution >= 0.6 is 0 Å². The number of nitrogens with one attached hydrogen (secondary N) is 2. The van der Waals surface area contributed by atoms with Gasteiger partial charge in [0.15, 0.2) is 5.78 Å². The summed E-state index contributed by atoms with van der Waals surface area (Å²) in [5.41, 5.74) is 4.98. The van der Waals surface area contributed by atoms with Gasteiger partial charge in [-0.15, -0.1) is 0 Å². The lowest BCUT2D eigenvalue weighted by Gasteiger charge is -2.06. The fraction of sp³-hybridized carbons (Fsp3) is 0.250. The molecule has 0 bridgehead atoms. The van der Waals surface area contributed by atoms with E-state index in [1.165, 1.54) is 11.1 Å². The van der Waals surface area contributed by atoms with Gasteiger partial charge in [-0.25, -0.2) is 0 Å². The molecule has 0 radical (unpaired) electrons. The van der Waals surface area contributed by atoms with E-state index in [4.69, 9.17) is 0 Å². The molecule has 3 aromatic rings. The third-order valence-electron chi connectivity index (χ3n) is 4.72. The Kier molecular flexibility index (Phi) is 4.06. The lowest BCUT2D eigenvalue weighted by molar-refractivity contribution is -0.116. The average Bonchev–Trinajstić information content (AvgIpc) is 3.27. The molecule has 2 aromatic carbocycles. The largest absolute Gasteiger partial charge is 0.326 e. The number of fused-ring (bicyclic) bond motifs is 2. The fourth-order valence-corrected chi connectivity index (χ4v) is 3.36. The summed E-state index contributed by atoms with van der Waals surface area (Å²) < 4.78 is 0. The first-order chi connectivity index (χ1) is 12.2. The zero-order valence-corrected chi connectivity index (χ0v) is 13.8. The van der Waals surface area contributed by atoms with Crippen molar-refractivity contribution >= 4 is 28.3 Å². The summed E-state index contributed by atoms with van der Waals surface area (Å²) in [6.07, 6.45) is 5.43. The molecular formula is C20H19N3O2. The second-order valence-electron chi connectivity index (χ2n) is 6.48. The molecular weight excluding hydrogens is 314 g/mol. The number of ketones is 1. The number of hydrogen-bond acceptors (Lipinski definition) is 3. The quantitative estimate of drug-likeness (QED) is 0.700. The molecule has 1 aliphatic carbocycles. The highest BCUT2D eigenvalue weighted by atomic mass is 16.2. The van der Waals surface area contributed by atoms with Crippen LogP contribution in [0.1, 0.15) is 40.7 Å². The van der Waals surface area contributed by atoms with Crippen molar-refractivity contribution < 1.29 is 9.59 Å². The van der Waals surface area contributed by atoms with E-state index in [1.807, 2.05) is 30.3 Å². The number of aromatic nitrogens is 2. The number of benzene rings is 2. The standard InChI is InChI=1S/C20H19N3O2/c24-19(15-5-4-13-2-1-3-14(13)10-15)8-9-20(25)22-17-6-7-18-16(11-17)12-21-23-18/h4-7,10-12H,1-3,8-9H2,(H,21,23)(H,22,25). The Hall–Kier alpha value is -2.95. The van der Waals surface area contributed by atoms with Crippen LogP contribution in [0.4, 0.5) is 5.69 Å². The van der Waals surface area contributed by atoms with E-state index in [0.717, 1.165) is 30.2 Å². The van der Waals surface area contributed by atoms with Crippen molar-refractivity contribution in [3.05, 3.63) is 59.3 Å². The number of Topliss-reactive ketones (excluding diaryl/α,β-unsaturated/α-hetero) is 1. The molecule has 0 fully saturated rings. The molecule has 1 aromatic heterocycles. The highest BCUT2D eigenvalue weighted by Gasteiger charge is 2.15. The van der Waals surface area contributed by atoms with Crippen LogP contribution in [0.25, 0.3) is 10.9 Å². The van der Waals surface area contributed by atoms with Gasteiger partial charge in [0.1, 0.15) is 0 Å². The first-order valence-corrected chi connectivity index (χ1v) is 8.57. The molecule has 126 valence electrons. The average molecular weight is 333 g/mol. The molecule has 1 heterocycles. The van der Waals surface area contributed by atoms with E-state index in [9.17, 15) is 9.59 Å². The number of nitrogens with zero attached hydrogens (tertiary/aromatic N) is 1. The maximum atomic E-state index is 12.3. The number of carbonyl (C=O) groups is 2. The molecule has 4 rings (SSSR count). The summed E-state index contributed by atoms with van der Waals surface area (Å²) in [4.78, 5) is 24.5. The molecule has 0 aliphatic heterocycles. The first kappa shape index (κ1) is 15.6. The van der Waals surface area contributed by atoms with E-state index in [1.54, 1.807) is 6.20 Å². The van der Waals surface area contributed by atoms with Gasteiger partial charge in [0.05, 0.1) is 11.7 Å². The van der Waals surface area contributed by atoms with Gasteiger partial charge in [-0.2, -0.15) is 5.10 Å². The van der Waals surface area contributed by atoms with Crippen molar-refractivity contribution in [1.29, 1.82) is 0 Å². The van der Waals surface area contributed by atoms with Crippen molar-refractivity contribution in [3.8, 4) is 0 Å². The molecule has 0 saturated heterocycles. The molecule has 5 heteroatoms. The highest BCUT2D eigenvalue weighted by molar-refractivity contribution is 6.00. The second kappa shape index (κ2) is 6.51. The van der Waals surface area contributed by atoms with Gasteiger partial charge in [0.2, 0.25) is 5.91 Å². The third kappa shape index (κ3) is 3.31. The van der Waals surface area contributed by atoms with E-state index < -0.39 is 0 Å². The third-order valence-corrected chi connectivity index (χ3v) is 4.72. The van der Waals surface area contributed by atoms with Crippen molar-refractivity contribution in [2.75, 3.05) is 5.32 Å². The maximum absolute atomic E-state index is 12.3. The summed E-state index contributed by atoms with van der Waals surface area (Å²) in [6.45, 7) is 0. The monoisotopic (exact) mass is 333 g/mol. The van der Waals surface area contributed by atoms with E-state index >= 15 is 0 Å². The molecule has 0 saturated carbocycles. The van der Waals surface area contributed by atoms with Crippen molar-refractivity contribution in [2.24, 2.45) is 0 Å². The Morgan fingerprint density at radius 2 is 1.92 bits per heavy atom. The Labute approximate surface area is 145 Å². The maximum Gasteiger partial charge on any atom is 0.224 e. The van der Waals surface area contributed by atoms with Crippen molar-refractivity contribution in [1.82, 2.24) is 10.2 Å². The summed E-state index contributed by atoms with van der Waals surface area (Å²) >= 11 is 0. The second-order valence-corrected chi connectivity index (χ2v) is 6.48. The molecule has 0 unspecified atom stereocenters. The van der Waals surface area contributed by atoms with E-state index in [-0.39, 0.29) is 24.5 Å². The molecule has 5 nitrogen and oxygen atoms in total. The summed E-state index contributed by atoms with van der Waals surface area (Å²) in [5, 5.41) is 10.6. The number of rotatable bonds is 5. The van der Waals surface area contributed by atoms with Crippen LogP contribution in [0, 0.1) is 0 Å². The number of anilines is 1. The minimum atomic E-state index is -0.155. The van der Waals surface area contributed by atoms with Gasteiger partial charge in [-0.1, -0.05) is 12.1 Å². The van der Waals surface area contributed by atoms with E-state index in [2.05, 4.69) is 21.6 Å². The minimum absolute atomic E-state index is 0.0233. The van der Waals surface area contributed by atoms with Gasteiger partial charge in [0.25, 0.3) is 0 Å². The molecule has 0 spiro atoms. The minimum Gasteiger partial charge on any atom is -0.326 e. The fourth-order valence-electron chi connectivity index (χ4n) is 3.36. The van der Waals surface area contributed by atoms with Crippen LogP contribution in [0.3, 0.4) is 0 Å². The number of amides is 1. The van der Waals surface area contributed by atoms with Crippen LogP contribution in [0.2, 0.25) is 0 Å². The molecule has 25 heavy (non-hydrogen) atoms. The van der Waals surface area contributed by atoms with E-state index in [0.29, 0.717) is 11.3 Å². The molecule has 1 aliphatic rings. The number of aryl methyl sites for hydroxylation is 2. The first-order valence-electron chi connectivity index (χ1n) is 8.57. The van der Waals surface area contributed by atoms with Gasteiger partial charge in [0, 0.05) is 29.5 Å². The lowest BCUT2D eigenvalue weighted by Crippen LogP contribution is -2.13. The number of H-pyrrole nitrogens is 1. The Morgan fingerprint density at radius 3 is 2.84 bits per heavy atom. The van der Waals surface area contributed by atoms with Crippen LogP contribution in [-0.2, 0) is 17.6 Å². The zero-order valence-electron chi connectivity index (χ0n) is 13.8. The van der Waals surface area contributed by atoms with Gasteiger partial charge in [-0.05, 0) is 54.7 Å². The lowest BCUT2D eigenvalue weighted by atomic mass is 10.0. The summed E-state index contributed by atoms with van der Waals surface area (Å²) in [7, 11) is 0. The number of hydrogen-bond donors (Lipinski definition) is 2.